The van der Waals surface area contributed by atoms with Gasteiger partial charge in [0.2, 0.25) is 5.91 Å². The summed E-state index contributed by atoms with van der Waals surface area (Å²) in [6, 6.07) is 12.1. The zero-order chi connectivity index (χ0) is 22.8. The molecule has 7 heteroatoms. The molecule has 1 unspecified atom stereocenters. The fraction of sp³-hybridized carbons (Fsp3) is 0.417. The highest BCUT2D eigenvalue weighted by molar-refractivity contribution is 5.98. The second-order valence-corrected chi connectivity index (χ2v) is 7.61. The van der Waals surface area contributed by atoms with E-state index < -0.39 is 6.04 Å². The van der Waals surface area contributed by atoms with Crippen LogP contribution in [0.15, 0.2) is 42.5 Å². The van der Waals surface area contributed by atoms with Crippen LogP contribution in [0.4, 0.5) is 0 Å². The van der Waals surface area contributed by atoms with Gasteiger partial charge in [-0.05, 0) is 49.1 Å². The van der Waals surface area contributed by atoms with Crippen molar-refractivity contribution in [2.75, 3.05) is 27.4 Å². The Hall–Kier alpha value is -3.22. The molecule has 0 heterocycles. The number of nitrogens with one attached hydrogen (secondary N) is 2. The summed E-state index contributed by atoms with van der Waals surface area (Å²) in [4.78, 5) is 25.4. The Bertz CT molecular complexity index is 860. The number of aryl methyl sites for hydroxylation is 1. The van der Waals surface area contributed by atoms with Gasteiger partial charge in [-0.3, -0.25) is 9.59 Å². The van der Waals surface area contributed by atoms with Gasteiger partial charge in [0.05, 0.1) is 20.8 Å². The van der Waals surface area contributed by atoms with E-state index in [0.29, 0.717) is 36.6 Å². The van der Waals surface area contributed by atoms with Crippen molar-refractivity contribution in [3.8, 4) is 17.2 Å². The van der Waals surface area contributed by atoms with Crippen LogP contribution in [0.5, 0.6) is 17.2 Å². The molecular formula is C24H32N2O5. The van der Waals surface area contributed by atoms with Crippen LogP contribution in [-0.2, 0) is 4.79 Å². The van der Waals surface area contributed by atoms with Gasteiger partial charge >= 0.3 is 0 Å². The number of carbonyl (C=O) groups excluding carboxylic acids is 2. The first-order chi connectivity index (χ1) is 14.8. The van der Waals surface area contributed by atoms with Crippen LogP contribution in [0.1, 0.15) is 36.2 Å². The van der Waals surface area contributed by atoms with Gasteiger partial charge in [-0.1, -0.05) is 26.0 Å². The van der Waals surface area contributed by atoms with Crippen LogP contribution in [0.2, 0.25) is 0 Å². The summed E-state index contributed by atoms with van der Waals surface area (Å²) in [5.41, 5.74) is 1.50. The van der Waals surface area contributed by atoms with Crippen LogP contribution < -0.4 is 24.8 Å². The minimum Gasteiger partial charge on any atom is -0.497 e. The summed E-state index contributed by atoms with van der Waals surface area (Å²) >= 11 is 0. The third-order valence-electron chi connectivity index (χ3n) is 4.73. The molecule has 2 rings (SSSR count). The Morgan fingerprint density at radius 2 is 1.65 bits per heavy atom. The summed E-state index contributed by atoms with van der Waals surface area (Å²) in [6.07, 6.45) is 0.658. The van der Waals surface area contributed by atoms with Crippen molar-refractivity contribution in [2.45, 2.75) is 33.2 Å². The molecule has 0 saturated carbocycles. The molecule has 0 saturated heterocycles. The van der Waals surface area contributed by atoms with Gasteiger partial charge in [0.1, 0.15) is 23.3 Å². The van der Waals surface area contributed by atoms with Crippen molar-refractivity contribution in [2.24, 2.45) is 5.92 Å². The molecule has 1 atom stereocenters. The van der Waals surface area contributed by atoms with Crippen LogP contribution in [0, 0.1) is 12.8 Å². The SMILES string of the molecule is COc1cc(OC)cc(C(=O)NC(C(=O)NCCCOc2cccc(C)c2)C(C)C)c1. The minimum absolute atomic E-state index is 0.0833. The Morgan fingerprint density at radius 1 is 0.968 bits per heavy atom. The number of amides is 2. The number of benzene rings is 2. The summed E-state index contributed by atoms with van der Waals surface area (Å²) in [5, 5.41) is 5.70. The lowest BCUT2D eigenvalue weighted by Crippen LogP contribution is -2.50. The standard InChI is InChI=1S/C24H32N2O5/c1-16(2)22(26-23(27)18-13-20(29-4)15-21(14-18)30-5)24(28)25-10-7-11-31-19-9-6-8-17(3)12-19/h6,8-9,12-16,22H,7,10-11H2,1-5H3,(H,25,28)(H,26,27). The fourth-order valence-electron chi connectivity index (χ4n) is 2.99. The average molecular weight is 429 g/mol. The van der Waals surface area contributed by atoms with Crippen LogP contribution in [0.25, 0.3) is 0 Å². The zero-order valence-corrected chi connectivity index (χ0v) is 18.9. The maximum absolute atomic E-state index is 12.7. The smallest absolute Gasteiger partial charge is 0.252 e. The molecule has 0 bridgehead atoms. The number of hydrogen-bond acceptors (Lipinski definition) is 5. The molecule has 2 amide bonds. The topological polar surface area (TPSA) is 85.9 Å². The lowest BCUT2D eigenvalue weighted by Gasteiger charge is -2.22. The molecule has 31 heavy (non-hydrogen) atoms. The molecule has 168 valence electrons. The number of rotatable bonds is 11. The highest BCUT2D eigenvalue weighted by atomic mass is 16.5. The molecule has 0 aliphatic carbocycles. The van der Waals surface area contributed by atoms with Gasteiger partial charge in [0, 0.05) is 18.2 Å². The second-order valence-electron chi connectivity index (χ2n) is 7.61. The molecule has 2 aromatic carbocycles. The Kier molecular flexibility index (Phi) is 9.18. The van der Waals surface area contributed by atoms with E-state index in [0.717, 1.165) is 11.3 Å². The second kappa shape index (κ2) is 11.8. The molecule has 7 nitrogen and oxygen atoms in total. The first kappa shape index (κ1) is 24.1. The fourth-order valence-corrected chi connectivity index (χ4v) is 2.99. The summed E-state index contributed by atoms with van der Waals surface area (Å²) in [7, 11) is 3.03. The van der Waals surface area contributed by atoms with Crippen molar-refractivity contribution in [1.82, 2.24) is 10.6 Å². The summed E-state index contributed by atoms with van der Waals surface area (Å²) in [6.45, 7) is 6.73. The third-order valence-corrected chi connectivity index (χ3v) is 4.73. The van der Waals surface area contributed by atoms with E-state index >= 15 is 0 Å². The lowest BCUT2D eigenvalue weighted by atomic mass is 10.0. The van der Waals surface area contributed by atoms with Gasteiger partial charge in [-0.15, -0.1) is 0 Å². The van der Waals surface area contributed by atoms with E-state index in [2.05, 4.69) is 10.6 Å². The minimum atomic E-state index is -0.664. The lowest BCUT2D eigenvalue weighted by molar-refractivity contribution is -0.123. The Morgan fingerprint density at radius 3 is 2.23 bits per heavy atom. The van der Waals surface area contributed by atoms with E-state index in [-0.39, 0.29) is 17.7 Å². The van der Waals surface area contributed by atoms with Gasteiger partial charge in [0.15, 0.2) is 0 Å². The van der Waals surface area contributed by atoms with E-state index in [4.69, 9.17) is 14.2 Å². The number of methoxy groups -OCH3 is 2. The molecule has 2 aromatic rings. The van der Waals surface area contributed by atoms with E-state index in [1.807, 2.05) is 45.0 Å². The third kappa shape index (κ3) is 7.51. The van der Waals surface area contributed by atoms with Crippen molar-refractivity contribution in [3.05, 3.63) is 53.6 Å². The Labute approximate surface area is 184 Å². The average Bonchev–Trinajstić information content (AvgIpc) is 2.76. The van der Waals surface area contributed by atoms with Gasteiger partial charge in [-0.2, -0.15) is 0 Å². The first-order valence-electron chi connectivity index (χ1n) is 10.3. The predicted molar refractivity (Wildman–Crippen MR) is 120 cm³/mol. The first-order valence-corrected chi connectivity index (χ1v) is 10.3. The van der Waals surface area contributed by atoms with Crippen LogP contribution >= 0.6 is 0 Å². The number of ether oxygens (including phenoxy) is 3. The monoisotopic (exact) mass is 428 g/mol. The summed E-state index contributed by atoms with van der Waals surface area (Å²) < 4.78 is 16.1. The normalized spacial score (nSPS) is 11.5. The maximum atomic E-state index is 12.7. The molecule has 0 aliphatic heterocycles. The molecule has 2 N–H and O–H groups in total. The van der Waals surface area contributed by atoms with E-state index in [1.54, 1.807) is 18.2 Å². The Balaban J connectivity index is 1.88. The van der Waals surface area contributed by atoms with Gasteiger partial charge in [-0.25, -0.2) is 0 Å². The molecular weight excluding hydrogens is 396 g/mol. The summed E-state index contributed by atoms with van der Waals surface area (Å²) in [5.74, 6) is 1.14. The quantitative estimate of drug-likeness (QED) is 0.536. The maximum Gasteiger partial charge on any atom is 0.252 e. The van der Waals surface area contributed by atoms with E-state index in [1.165, 1.54) is 14.2 Å². The number of carbonyl (C=O) groups is 2. The van der Waals surface area contributed by atoms with Crippen molar-refractivity contribution < 1.29 is 23.8 Å². The number of hydrogen-bond donors (Lipinski definition) is 2. The van der Waals surface area contributed by atoms with Crippen molar-refractivity contribution in [3.63, 3.8) is 0 Å². The van der Waals surface area contributed by atoms with Crippen LogP contribution in [-0.4, -0.2) is 45.2 Å². The van der Waals surface area contributed by atoms with Crippen molar-refractivity contribution in [1.29, 1.82) is 0 Å². The molecule has 0 fully saturated rings. The molecule has 0 aliphatic rings. The van der Waals surface area contributed by atoms with Crippen molar-refractivity contribution >= 4 is 11.8 Å². The largest absolute Gasteiger partial charge is 0.497 e. The molecule has 0 aromatic heterocycles. The zero-order valence-electron chi connectivity index (χ0n) is 18.9. The van der Waals surface area contributed by atoms with E-state index in [9.17, 15) is 9.59 Å². The predicted octanol–water partition coefficient (Wildman–Crippen LogP) is 3.35. The molecule has 0 radical (unpaired) electrons. The van der Waals surface area contributed by atoms with Gasteiger partial charge in [0.25, 0.3) is 5.91 Å². The van der Waals surface area contributed by atoms with Gasteiger partial charge < -0.3 is 24.8 Å². The van der Waals surface area contributed by atoms with Crippen LogP contribution in [0.3, 0.4) is 0 Å². The highest BCUT2D eigenvalue weighted by Gasteiger charge is 2.24. The molecule has 0 spiro atoms. The highest BCUT2D eigenvalue weighted by Crippen LogP contribution is 2.22.